The van der Waals surface area contributed by atoms with Gasteiger partial charge in [-0.15, -0.1) is 0 Å². The van der Waals surface area contributed by atoms with Gasteiger partial charge < -0.3 is 41.3 Å². The van der Waals surface area contributed by atoms with E-state index in [4.69, 9.17) is 34.1 Å². The quantitative estimate of drug-likeness (QED) is 0.0161. The minimum Gasteiger partial charge on any atom is -0.870 e. The van der Waals surface area contributed by atoms with Crippen LogP contribution in [0.5, 0.6) is 0 Å². The number of methoxy groups -OCH3 is 2. The number of hydrogen-bond acceptors (Lipinski definition) is 19. The summed E-state index contributed by atoms with van der Waals surface area (Å²) < 4.78 is 207. The maximum absolute atomic E-state index is 14.6. The molecule has 0 aliphatic carbocycles. The summed E-state index contributed by atoms with van der Waals surface area (Å²) >= 11 is 6.40. The molecule has 0 fully saturated rings. The minimum atomic E-state index is -3.84. The number of nitrogen functional groups attached to an aromatic ring is 1. The van der Waals surface area contributed by atoms with Crippen molar-refractivity contribution in [2.75, 3.05) is 66.3 Å². The average molecular weight is 1460 g/mol. The van der Waals surface area contributed by atoms with Gasteiger partial charge in [0.25, 0.3) is 5.91 Å². The fraction of sp³-hybridized carbons (Fsp3) is 0.167. The molecule has 0 unspecified atom stereocenters. The SMILES string of the molecule is CO.COC(=O)c1c(F)cc(N)cc1F.COC(=O)c1c(F)cc(NS(C)(=O)=O)cc1F.CS(=O)(=O)Cl.CS(=O)(=O)Nc1cc(F)c(C(=O)O)c(F)c1.[C-]#[N+]c1ccc(-c2ccc(C[C@H](NC(=O)c3c(F)cc(NS(C)(=O)=O)cc3F)C(=O)O)c3cccnc23)c(Cl)c1.[Li+].[OH-]. The molecule has 1 amide bonds. The van der Waals surface area contributed by atoms with Gasteiger partial charge in [-0.05, 0) is 71.8 Å². The maximum Gasteiger partial charge on any atom is 1.00 e. The number of carbonyl (C=O) groups is 5. The molecule has 6 aromatic carbocycles. The van der Waals surface area contributed by atoms with Gasteiger partial charge in [0.15, 0.2) is 5.69 Å². The zero-order valence-electron chi connectivity index (χ0n) is 49.8. The number of sulfonamides is 3. The number of esters is 2. The third kappa shape index (κ3) is 27.9. The fourth-order valence-corrected chi connectivity index (χ4v) is 9.13. The third-order valence-corrected chi connectivity index (χ3v) is 12.7. The van der Waals surface area contributed by atoms with Crippen LogP contribution in [0.15, 0.2) is 97.2 Å². The third-order valence-electron chi connectivity index (χ3n) is 10.6. The van der Waals surface area contributed by atoms with E-state index in [1.165, 1.54) is 6.07 Å². The number of carboxylic acid groups (broad SMARTS) is 2. The number of halogens is 10. The van der Waals surface area contributed by atoms with Crippen LogP contribution >= 0.6 is 22.3 Å². The first-order chi connectivity index (χ1) is 42.9. The molecule has 0 aliphatic heterocycles. The van der Waals surface area contributed by atoms with Crippen molar-refractivity contribution in [3.05, 3.63) is 188 Å². The molecule has 0 saturated heterocycles. The Morgan fingerprint density at radius 1 is 0.600 bits per heavy atom. The number of pyridine rings is 1. The van der Waals surface area contributed by atoms with Crippen molar-refractivity contribution < 1.29 is 142 Å². The number of nitrogens with zero attached hydrogens (tertiary/aromatic N) is 2. The molecule has 0 saturated carbocycles. The van der Waals surface area contributed by atoms with Gasteiger partial charge in [-0.2, -0.15) is 0 Å². The second kappa shape index (κ2) is 37.3. The normalized spacial score (nSPS) is 10.9. The second-order valence-corrected chi connectivity index (χ2v) is 26.6. The van der Waals surface area contributed by atoms with Crippen molar-refractivity contribution in [1.29, 1.82) is 0 Å². The Kier molecular flexibility index (Phi) is 33.8. The van der Waals surface area contributed by atoms with E-state index >= 15 is 0 Å². The van der Waals surface area contributed by atoms with E-state index in [2.05, 4.69) is 35.3 Å². The number of nitrogens with one attached hydrogen (secondary N) is 4. The molecular formula is C54H50Cl2F8LiN7O19S4. The molecule has 1 aromatic heterocycles. The zero-order chi connectivity index (χ0) is 71.4. The summed E-state index contributed by atoms with van der Waals surface area (Å²) in [5, 5.41) is 28.3. The van der Waals surface area contributed by atoms with E-state index in [1.54, 1.807) is 42.6 Å². The number of aliphatic carboxylic acids is 1. The van der Waals surface area contributed by atoms with Crippen LogP contribution in [0.25, 0.3) is 26.9 Å². The summed E-state index contributed by atoms with van der Waals surface area (Å²) in [6, 6.07) is 15.4. The van der Waals surface area contributed by atoms with Crippen molar-refractivity contribution in [3.8, 4) is 11.1 Å². The number of amides is 1. The number of rotatable bonds is 15. The molecule has 510 valence electrons. The van der Waals surface area contributed by atoms with Gasteiger partial charge in [-0.3, -0.25) is 23.9 Å². The van der Waals surface area contributed by atoms with Crippen LogP contribution in [0.1, 0.15) is 47.0 Å². The minimum absolute atomic E-state index is 0. The van der Waals surface area contributed by atoms with E-state index in [0.717, 1.165) is 58.5 Å². The van der Waals surface area contributed by atoms with Gasteiger partial charge in [0.05, 0.1) is 68.4 Å². The summed E-state index contributed by atoms with van der Waals surface area (Å²) in [7, 11) is -6.84. The van der Waals surface area contributed by atoms with Gasteiger partial charge in [0.1, 0.15) is 74.8 Å². The molecule has 0 spiro atoms. The van der Waals surface area contributed by atoms with Gasteiger partial charge in [0, 0.05) is 52.1 Å². The van der Waals surface area contributed by atoms with Crippen LogP contribution in [-0.4, -0.2) is 142 Å². The Bertz CT molecular complexity index is 4430. The molecule has 1 atom stereocenters. The summed E-state index contributed by atoms with van der Waals surface area (Å²) in [6.07, 6.45) is 4.62. The van der Waals surface area contributed by atoms with Crippen LogP contribution in [0.2, 0.25) is 5.02 Å². The van der Waals surface area contributed by atoms with Crippen LogP contribution < -0.4 is 44.1 Å². The predicted molar refractivity (Wildman–Crippen MR) is 327 cm³/mol. The van der Waals surface area contributed by atoms with Crippen molar-refractivity contribution in [2.24, 2.45) is 0 Å². The molecule has 41 heteroatoms. The standard InChI is InChI=1S/C27H19ClF2N4O5S.C9H9F2NO4S.C8H7F2NO4S.C8H7F2NO2.CH3ClO2S.CH4O.Li.H2O/c1-31-15-6-8-18(20(28)11-15)19-7-5-14(17-4-3-9-32-25(17)19)10-23(27(36)37)33-26(35)24-21(29)12-16(13-22(24)30)34-40(2,38)39;1-16-9(13)8-6(10)3-5(4-7(8)11)12-17(2,14)15;1-16(14,15)11-4-2-5(9)7(8(12)13)6(10)3-4;1-13-8(12)7-5(9)2-4(11)3-6(7)10;1-5(2,3)4;1-2;;/h3-9,11-13,23,34H,10H2,2H3,(H,33,35)(H,36,37);3-4,12H,1-2H3;2-3,11H,1H3,(H,12,13);2-3H,11H2,1H3;1H3;2H,1H3;;1H2/q;;;;;;+1;/p-1/t23-;;;;;;;/m0......./s1. The molecule has 10 N–H and O–H groups in total. The first-order valence-corrected chi connectivity index (χ1v) is 33.1. The number of hydrogen-bond donors (Lipinski definition) is 8. The van der Waals surface area contributed by atoms with Crippen molar-refractivity contribution >= 4 is 131 Å². The van der Waals surface area contributed by atoms with Gasteiger partial charge >= 0.3 is 42.7 Å². The number of carbonyl (C=O) groups excluding carboxylic acids is 3. The summed E-state index contributed by atoms with van der Waals surface area (Å²) in [6.45, 7) is 7.15. The first kappa shape index (κ1) is 86.1. The number of ether oxygens (including phenoxy) is 2. The second-order valence-electron chi connectivity index (χ2n) is 17.9. The van der Waals surface area contributed by atoms with Crippen molar-refractivity contribution in [2.45, 2.75) is 12.5 Å². The van der Waals surface area contributed by atoms with Gasteiger partial charge in [0.2, 0.25) is 39.1 Å². The summed E-state index contributed by atoms with van der Waals surface area (Å²) in [5.41, 5.74) is 2.70. The Labute approximate surface area is 557 Å². The first-order valence-electron chi connectivity index (χ1n) is 24.4. The molecule has 26 nitrogen and oxygen atoms in total. The van der Waals surface area contributed by atoms with E-state index in [1.807, 2.05) is 14.2 Å². The van der Waals surface area contributed by atoms with Crippen molar-refractivity contribution in [3.63, 3.8) is 0 Å². The zero-order valence-corrected chi connectivity index (χ0v) is 54.6. The van der Waals surface area contributed by atoms with E-state index in [9.17, 15) is 97.9 Å². The molecule has 7 rings (SSSR count). The maximum atomic E-state index is 14.6. The Morgan fingerprint density at radius 3 is 1.29 bits per heavy atom. The predicted octanol–water partition coefficient (Wildman–Crippen LogP) is 5.29. The Morgan fingerprint density at radius 2 is 0.958 bits per heavy atom. The molecule has 0 bridgehead atoms. The van der Waals surface area contributed by atoms with E-state index in [0.29, 0.717) is 74.7 Å². The smallest absolute Gasteiger partial charge is 0.870 e. The van der Waals surface area contributed by atoms with Gasteiger partial charge in [-0.25, -0.2) is 92.8 Å². The molecule has 95 heavy (non-hydrogen) atoms. The number of anilines is 4. The fourth-order valence-electron chi connectivity index (χ4n) is 7.22. The van der Waals surface area contributed by atoms with Crippen LogP contribution in [0, 0.1) is 53.1 Å². The van der Waals surface area contributed by atoms with Crippen LogP contribution in [0.3, 0.4) is 0 Å². The summed E-state index contributed by atoms with van der Waals surface area (Å²) in [5.74, 6) is -16.7. The monoisotopic (exact) mass is 1460 g/mol. The number of nitrogens with two attached hydrogens (primary N) is 1. The molecule has 0 aliphatic rings. The molecular weight excluding hydrogens is 1410 g/mol. The Hall–Kier alpha value is -8.89. The molecule has 0 radical (unpaired) electrons. The number of aliphatic hydroxyl groups is 1. The van der Waals surface area contributed by atoms with Crippen LogP contribution in [0.4, 0.5) is 63.6 Å². The largest absolute Gasteiger partial charge is 1.00 e. The summed E-state index contributed by atoms with van der Waals surface area (Å²) in [4.78, 5) is 64.8. The number of carboxylic acids is 2. The van der Waals surface area contributed by atoms with E-state index < -0.39 is 149 Å². The van der Waals surface area contributed by atoms with Crippen LogP contribution in [-0.2, 0) is 59.8 Å². The number of aromatic nitrogens is 1. The Balaban J connectivity index is 0.00000133. The number of benzene rings is 6. The molecule has 1 heterocycles. The molecule has 7 aromatic rings. The number of fused-ring (bicyclic) bond motifs is 1. The van der Waals surface area contributed by atoms with Crippen molar-refractivity contribution in [1.82, 2.24) is 10.3 Å². The number of aromatic carboxylic acids is 1. The average Bonchev–Trinajstić information content (AvgIpc) is 0.789. The van der Waals surface area contributed by atoms with Gasteiger partial charge in [-0.1, -0.05) is 41.9 Å². The van der Waals surface area contributed by atoms with E-state index in [-0.39, 0.29) is 47.8 Å². The number of aliphatic hydroxyl groups excluding tert-OH is 1. The topological polar surface area (TPSA) is 422 Å².